The van der Waals surface area contributed by atoms with Gasteiger partial charge in [-0.3, -0.25) is 9.48 Å². The molecule has 1 aliphatic carbocycles. The third kappa shape index (κ3) is 2.38. The number of hydrogen-bond donors (Lipinski definition) is 0. The van der Waals surface area contributed by atoms with Crippen LogP contribution in [0.25, 0.3) is 0 Å². The topological polar surface area (TPSA) is 92.6 Å². The van der Waals surface area contributed by atoms with Gasteiger partial charge in [0.2, 0.25) is 5.91 Å². The minimum absolute atomic E-state index is 0.0509. The van der Waals surface area contributed by atoms with Crippen molar-refractivity contribution in [3.05, 3.63) is 30.1 Å². The normalized spacial score (nSPS) is 18.8. The van der Waals surface area contributed by atoms with Crippen LogP contribution in [0.15, 0.2) is 18.5 Å². The van der Waals surface area contributed by atoms with Crippen LogP contribution in [0, 0.1) is 16.7 Å². The molecule has 0 saturated heterocycles. The van der Waals surface area contributed by atoms with Crippen LogP contribution in [0.2, 0.25) is 0 Å². The third-order valence-corrected chi connectivity index (χ3v) is 4.57. The molecule has 0 atom stereocenters. The summed E-state index contributed by atoms with van der Waals surface area (Å²) in [6.07, 6.45) is 5.81. The Morgan fingerprint density at radius 1 is 1.35 bits per heavy atom. The molecule has 4 rings (SSSR count). The van der Waals surface area contributed by atoms with Gasteiger partial charge in [0.25, 0.3) is 0 Å². The number of carbonyl (C=O) groups is 1. The predicted molar refractivity (Wildman–Crippen MR) is 78.7 cm³/mol. The van der Waals surface area contributed by atoms with Crippen molar-refractivity contribution in [2.45, 2.75) is 38.9 Å². The number of aromatic nitrogens is 5. The molecule has 3 heterocycles. The van der Waals surface area contributed by atoms with E-state index in [-0.39, 0.29) is 5.91 Å². The molecule has 0 unspecified atom stereocenters. The molecule has 0 spiro atoms. The fourth-order valence-corrected chi connectivity index (χ4v) is 3.05. The van der Waals surface area contributed by atoms with Crippen LogP contribution in [0.1, 0.15) is 30.9 Å². The lowest BCUT2D eigenvalue weighted by Crippen LogP contribution is -2.36. The fraction of sp³-hybridized carbons (Fsp3) is 0.533. The summed E-state index contributed by atoms with van der Waals surface area (Å²) in [7, 11) is 0. The lowest BCUT2D eigenvalue weighted by Gasteiger charge is -2.21. The average Bonchev–Trinajstić information content (AvgIpc) is 3.14. The van der Waals surface area contributed by atoms with Gasteiger partial charge >= 0.3 is 0 Å². The van der Waals surface area contributed by atoms with E-state index in [1.54, 1.807) is 15.8 Å². The van der Waals surface area contributed by atoms with E-state index in [1.807, 2.05) is 12.3 Å². The SMILES string of the molecule is N#CC1(C(=O)N2CCCn3c(nnc3Cn3cccn3)C2)CC1. The van der Waals surface area contributed by atoms with Crippen molar-refractivity contribution in [3.63, 3.8) is 0 Å². The Morgan fingerprint density at radius 3 is 2.91 bits per heavy atom. The van der Waals surface area contributed by atoms with Gasteiger partial charge in [0.05, 0.1) is 12.6 Å². The van der Waals surface area contributed by atoms with E-state index in [1.165, 1.54) is 0 Å². The largest absolute Gasteiger partial charge is 0.334 e. The van der Waals surface area contributed by atoms with E-state index in [0.29, 0.717) is 32.5 Å². The zero-order valence-electron chi connectivity index (χ0n) is 12.7. The fourth-order valence-electron chi connectivity index (χ4n) is 3.05. The average molecular weight is 311 g/mol. The van der Waals surface area contributed by atoms with Crippen molar-refractivity contribution in [2.75, 3.05) is 6.54 Å². The Bertz CT molecular complexity index is 766. The molecule has 23 heavy (non-hydrogen) atoms. The molecule has 2 aliphatic rings. The van der Waals surface area contributed by atoms with Gasteiger partial charge in [-0.2, -0.15) is 10.4 Å². The highest BCUT2D eigenvalue weighted by atomic mass is 16.2. The summed E-state index contributed by atoms with van der Waals surface area (Å²) in [5.74, 6) is 1.58. The molecule has 8 nitrogen and oxygen atoms in total. The van der Waals surface area contributed by atoms with Crippen molar-refractivity contribution in [1.82, 2.24) is 29.4 Å². The summed E-state index contributed by atoms with van der Waals surface area (Å²) in [6, 6.07) is 4.06. The zero-order valence-corrected chi connectivity index (χ0v) is 12.7. The molecular weight excluding hydrogens is 294 g/mol. The monoisotopic (exact) mass is 311 g/mol. The van der Waals surface area contributed by atoms with Crippen LogP contribution in [0.3, 0.4) is 0 Å². The summed E-state index contributed by atoms with van der Waals surface area (Å²) in [4.78, 5) is 14.3. The van der Waals surface area contributed by atoms with Gasteiger partial charge in [0, 0.05) is 25.5 Å². The summed E-state index contributed by atoms with van der Waals surface area (Å²) >= 11 is 0. The number of carbonyl (C=O) groups excluding carboxylic acids is 1. The first-order valence-corrected chi connectivity index (χ1v) is 7.81. The number of nitrogens with zero attached hydrogens (tertiary/aromatic N) is 7. The molecule has 0 bridgehead atoms. The molecular formula is C15H17N7O. The second-order valence-electron chi connectivity index (χ2n) is 6.16. The molecule has 2 aromatic heterocycles. The van der Waals surface area contributed by atoms with Crippen LogP contribution in [-0.2, 0) is 24.4 Å². The Balaban J connectivity index is 1.55. The maximum atomic E-state index is 12.6. The smallest absolute Gasteiger partial charge is 0.243 e. The molecule has 1 saturated carbocycles. The zero-order chi connectivity index (χ0) is 15.9. The summed E-state index contributed by atoms with van der Waals surface area (Å²) < 4.78 is 3.88. The number of nitriles is 1. The second-order valence-corrected chi connectivity index (χ2v) is 6.16. The van der Waals surface area contributed by atoms with E-state index in [4.69, 9.17) is 0 Å². The van der Waals surface area contributed by atoms with Crippen LogP contribution in [0.4, 0.5) is 0 Å². The highest BCUT2D eigenvalue weighted by Gasteiger charge is 2.52. The molecule has 2 aromatic rings. The Hall–Kier alpha value is -2.69. The van der Waals surface area contributed by atoms with E-state index in [2.05, 4.69) is 25.9 Å². The standard InChI is InChI=1S/C15H17N7O/c16-11-15(3-4-15)14(23)20-6-2-8-22-12(9-20)18-19-13(22)10-21-7-1-5-17-21/h1,5,7H,2-4,6,8-10H2. The first kappa shape index (κ1) is 13.9. The molecule has 118 valence electrons. The molecule has 0 aromatic carbocycles. The van der Waals surface area contributed by atoms with Gasteiger partial charge in [-0.1, -0.05) is 0 Å². The number of hydrogen-bond acceptors (Lipinski definition) is 5. The van der Waals surface area contributed by atoms with Gasteiger partial charge in [0.1, 0.15) is 12.0 Å². The van der Waals surface area contributed by atoms with Crippen molar-refractivity contribution < 1.29 is 4.79 Å². The third-order valence-electron chi connectivity index (χ3n) is 4.57. The van der Waals surface area contributed by atoms with Crippen LogP contribution >= 0.6 is 0 Å². The Labute approximate surface area is 133 Å². The first-order valence-electron chi connectivity index (χ1n) is 7.81. The van der Waals surface area contributed by atoms with E-state index < -0.39 is 5.41 Å². The van der Waals surface area contributed by atoms with E-state index in [0.717, 1.165) is 24.6 Å². The van der Waals surface area contributed by atoms with Crippen LogP contribution in [-0.4, -0.2) is 41.9 Å². The summed E-state index contributed by atoms with van der Waals surface area (Å²) in [5.41, 5.74) is -0.771. The second kappa shape index (κ2) is 5.19. The minimum Gasteiger partial charge on any atom is -0.334 e. The van der Waals surface area contributed by atoms with E-state index >= 15 is 0 Å². The van der Waals surface area contributed by atoms with Crippen LogP contribution in [0.5, 0.6) is 0 Å². The van der Waals surface area contributed by atoms with Gasteiger partial charge in [0.15, 0.2) is 11.6 Å². The lowest BCUT2D eigenvalue weighted by molar-refractivity contribution is -0.135. The molecule has 0 radical (unpaired) electrons. The molecule has 1 aliphatic heterocycles. The minimum atomic E-state index is -0.771. The van der Waals surface area contributed by atoms with Gasteiger partial charge in [-0.05, 0) is 25.3 Å². The number of fused-ring (bicyclic) bond motifs is 1. The highest BCUT2D eigenvalue weighted by Crippen LogP contribution is 2.46. The van der Waals surface area contributed by atoms with Gasteiger partial charge in [-0.15, -0.1) is 10.2 Å². The lowest BCUT2D eigenvalue weighted by atomic mass is 10.1. The van der Waals surface area contributed by atoms with Crippen LogP contribution < -0.4 is 0 Å². The highest BCUT2D eigenvalue weighted by molar-refractivity contribution is 5.88. The number of amides is 1. The van der Waals surface area contributed by atoms with Crippen molar-refractivity contribution in [3.8, 4) is 6.07 Å². The van der Waals surface area contributed by atoms with Crippen molar-refractivity contribution in [1.29, 1.82) is 5.26 Å². The molecule has 8 heteroatoms. The first-order chi connectivity index (χ1) is 11.2. The Morgan fingerprint density at radius 2 is 2.22 bits per heavy atom. The van der Waals surface area contributed by atoms with Crippen molar-refractivity contribution >= 4 is 5.91 Å². The van der Waals surface area contributed by atoms with Gasteiger partial charge in [-0.25, -0.2) is 0 Å². The quantitative estimate of drug-likeness (QED) is 0.825. The van der Waals surface area contributed by atoms with E-state index in [9.17, 15) is 10.1 Å². The maximum Gasteiger partial charge on any atom is 0.243 e. The summed E-state index contributed by atoms with van der Waals surface area (Å²) in [6.45, 7) is 2.43. The molecule has 1 fully saturated rings. The van der Waals surface area contributed by atoms with Gasteiger partial charge < -0.3 is 9.47 Å². The number of rotatable bonds is 3. The molecule has 0 N–H and O–H groups in total. The predicted octanol–water partition coefficient (Wildman–Crippen LogP) is 0.559. The maximum absolute atomic E-state index is 12.6. The summed E-state index contributed by atoms with van der Waals surface area (Å²) in [5, 5.41) is 21.9. The molecule has 1 amide bonds. The van der Waals surface area contributed by atoms with Crippen molar-refractivity contribution in [2.24, 2.45) is 5.41 Å². The Kier molecular flexibility index (Phi) is 3.15.